The number of aryl methyl sites for hydroxylation is 1. The Morgan fingerprint density at radius 1 is 1.47 bits per heavy atom. The molecule has 4 nitrogen and oxygen atoms in total. The summed E-state index contributed by atoms with van der Waals surface area (Å²) >= 11 is 0. The average molecular weight is 209 g/mol. The smallest absolute Gasteiger partial charge is 0.217 e. The van der Waals surface area contributed by atoms with Crippen LogP contribution in [-0.4, -0.2) is 17.8 Å². The van der Waals surface area contributed by atoms with Gasteiger partial charge in [-0.15, -0.1) is 0 Å². The topological polar surface area (TPSA) is 72.0 Å². The molecular formula is C11H19N3O. The maximum absolute atomic E-state index is 7.44. The van der Waals surface area contributed by atoms with Crippen LogP contribution in [0.3, 0.4) is 0 Å². The second-order valence-corrected chi connectivity index (χ2v) is 2.87. The monoisotopic (exact) mass is 209 g/mol. The highest BCUT2D eigenvalue weighted by Crippen LogP contribution is 2.20. The van der Waals surface area contributed by atoms with Gasteiger partial charge in [0, 0.05) is 16.8 Å². The molecule has 0 fully saturated rings. The first-order chi connectivity index (χ1) is 7.06. The lowest BCUT2D eigenvalue weighted by Crippen LogP contribution is -2.05. The van der Waals surface area contributed by atoms with Crippen molar-refractivity contribution >= 4 is 11.5 Å². The SMILES string of the molecule is CC.COc1nc(N)c(C(C)=N)cc1C. The molecule has 0 amide bonds. The van der Waals surface area contributed by atoms with Crippen LogP contribution < -0.4 is 10.5 Å². The van der Waals surface area contributed by atoms with Gasteiger partial charge in [0.25, 0.3) is 0 Å². The molecule has 0 saturated carbocycles. The number of nitrogens with zero attached hydrogens (tertiary/aromatic N) is 1. The standard InChI is InChI=1S/C9H13N3O.C2H6/c1-5-4-7(6(2)10)8(11)12-9(5)13-3;1-2/h4,10H,1-3H3,(H2,11,12);1-2H3. The number of ether oxygens (including phenoxy) is 1. The molecule has 84 valence electrons. The number of rotatable bonds is 2. The van der Waals surface area contributed by atoms with Gasteiger partial charge in [-0.3, -0.25) is 0 Å². The summed E-state index contributed by atoms with van der Waals surface area (Å²) in [6.45, 7) is 7.55. The Bertz CT molecular complexity index is 348. The number of nitrogen functional groups attached to an aromatic ring is 1. The van der Waals surface area contributed by atoms with E-state index in [1.54, 1.807) is 14.0 Å². The van der Waals surface area contributed by atoms with Gasteiger partial charge in [-0.1, -0.05) is 13.8 Å². The first kappa shape index (κ1) is 13.4. The molecular weight excluding hydrogens is 190 g/mol. The van der Waals surface area contributed by atoms with Crippen LogP contribution in [0.2, 0.25) is 0 Å². The van der Waals surface area contributed by atoms with Gasteiger partial charge >= 0.3 is 0 Å². The highest BCUT2D eigenvalue weighted by atomic mass is 16.5. The number of hydrogen-bond donors (Lipinski definition) is 2. The van der Waals surface area contributed by atoms with Gasteiger partial charge in [-0.2, -0.15) is 4.98 Å². The van der Waals surface area contributed by atoms with Crippen molar-refractivity contribution in [1.29, 1.82) is 5.41 Å². The van der Waals surface area contributed by atoms with Crippen LogP contribution in [0, 0.1) is 12.3 Å². The third kappa shape index (κ3) is 3.23. The maximum Gasteiger partial charge on any atom is 0.217 e. The van der Waals surface area contributed by atoms with E-state index in [0.717, 1.165) is 5.56 Å². The van der Waals surface area contributed by atoms with E-state index in [-0.39, 0.29) is 0 Å². The summed E-state index contributed by atoms with van der Waals surface area (Å²) in [6.07, 6.45) is 0. The van der Waals surface area contributed by atoms with Gasteiger partial charge in [0.1, 0.15) is 5.82 Å². The molecule has 1 heterocycles. The molecule has 4 heteroatoms. The average Bonchev–Trinajstić information content (AvgIpc) is 2.23. The predicted octanol–water partition coefficient (Wildman–Crippen LogP) is 2.39. The molecule has 0 unspecified atom stereocenters. The second-order valence-electron chi connectivity index (χ2n) is 2.87. The molecule has 1 aromatic heterocycles. The van der Waals surface area contributed by atoms with Crippen LogP contribution >= 0.6 is 0 Å². The fourth-order valence-corrected chi connectivity index (χ4v) is 1.12. The Labute approximate surface area is 91.0 Å². The van der Waals surface area contributed by atoms with Gasteiger partial charge in [0.2, 0.25) is 5.88 Å². The van der Waals surface area contributed by atoms with E-state index in [1.165, 1.54) is 0 Å². The minimum atomic E-state index is 0.343. The molecule has 0 radical (unpaired) electrons. The summed E-state index contributed by atoms with van der Waals surface area (Å²) in [7, 11) is 1.55. The fraction of sp³-hybridized carbons (Fsp3) is 0.455. The van der Waals surface area contributed by atoms with E-state index in [1.807, 2.05) is 26.8 Å². The lowest BCUT2D eigenvalue weighted by atomic mass is 10.1. The molecule has 15 heavy (non-hydrogen) atoms. The van der Waals surface area contributed by atoms with Crippen molar-refractivity contribution < 1.29 is 4.74 Å². The maximum atomic E-state index is 7.44. The molecule has 0 aromatic carbocycles. The van der Waals surface area contributed by atoms with Crippen molar-refractivity contribution in [3.63, 3.8) is 0 Å². The van der Waals surface area contributed by atoms with Crippen LogP contribution in [0.4, 0.5) is 5.82 Å². The Morgan fingerprint density at radius 2 is 2.00 bits per heavy atom. The number of aromatic nitrogens is 1. The molecule has 0 aliphatic carbocycles. The normalized spacial score (nSPS) is 8.87. The zero-order chi connectivity index (χ0) is 12.0. The van der Waals surface area contributed by atoms with Crippen LogP contribution in [0.15, 0.2) is 6.07 Å². The number of pyridine rings is 1. The van der Waals surface area contributed by atoms with Crippen LogP contribution in [-0.2, 0) is 0 Å². The van der Waals surface area contributed by atoms with Crippen LogP contribution in [0.1, 0.15) is 31.9 Å². The molecule has 3 N–H and O–H groups in total. The molecule has 0 saturated heterocycles. The van der Waals surface area contributed by atoms with Gasteiger partial charge in [-0.05, 0) is 19.9 Å². The van der Waals surface area contributed by atoms with E-state index in [9.17, 15) is 0 Å². The summed E-state index contributed by atoms with van der Waals surface area (Å²) in [4.78, 5) is 4.03. The zero-order valence-electron chi connectivity index (χ0n) is 10.0. The molecule has 1 aromatic rings. The Morgan fingerprint density at radius 3 is 2.40 bits per heavy atom. The third-order valence-corrected chi connectivity index (χ3v) is 1.79. The number of hydrogen-bond acceptors (Lipinski definition) is 4. The Hall–Kier alpha value is -1.58. The summed E-state index contributed by atoms with van der Waals surface area (Å²) in [6, 6.07) is 1.81. The van der Waals surface area contributed by atoms with Crippen LogP contribution in [0.5, 0.6) is 5.88 Å². The largest absolute Gasteiger partial charge is 0.481 e. The lowest BCUT2D eigenvalue weighted by molar-refractivity contribution is 0.395. The number of anilines is 1. The van der Waals surface area contributed by atoms with Crippen molar-refractivity contribution in [3.8, 4) is 5.88 Å². The van der Waals surface area contributed by atoms with Crippen molar-refractivity contribution in [2.75, 3.05) is 12.8 Å². The minimum Gasteiger partial charge on any atom is -0.481 e. The van der Waals surface area contributed by atoms with Gasteiger partial charge in [0.05, 0.1) is 7.11 Å². The van der Waals surface area contributed by atoms with E-state index < -0.39 is 0 Å². The Balaban J connectivity index is 0.000000921. The molecule has 0 spiro atoms. The predicted molar refractivity (Wildman–Crippen MR) is 63.8 cm³/mol. The van der Waals surface area contributed by atoms with E-state index in [4.69, 9.17) is 15.9 Å². The molecule has 0 bridgehead atoms. The molecule has 0 aliphatic heterocycles. The first-order valence-corrected chi connectivity index (χ1v) is 4.93. The van der Waals surface area contributed by atoms with Crippen molar-refractivity contribution in [2.45, 2.75) is 27.7 Å². The first-order valence-electron chi connectivity index (χ1n) is 4.93. The Kier molecular flexibility index (Phi) is 5.37. The van der Waals surface area contributed by atoms with Crippen LogP contribution in [0.25, 0.3) is 0 Å². The van der Waals surface area contributed by atoms with E-state index >= 15 is 0 Å². The lowest BCUT2D eigenvalue weighted by Gasteiger charge is -2.08. The summed E-state index contributed by atoms with van der Waals surface area (Å²) < 4.78 is 5.00. The van der Waals surface area contributed by atoms with Gasteiger partial charge in [-0.25, -0.2) is 0 Å². The van der Waals surface area contributed by atoms with Crippen molar-refractivity contribution in [3.05, 3.63) is 17.2 Å². The van der Waals surface area contributed by atoms with E-state index in [0.29, 0.717) is 23.0 Å². The summed E-state index contributed by atoms with van der Waals surface area (Å²) in [5.41, 5.74) is 7.60. The third-order valence-electron chi connectivity index (χ3n) is 1.79. The molecule has 1 rings (SSSR count). The fourth-order valence-electron chi connectivity index (χ4n) is 1.12. The van der Waals surface area contributed by atoms with Crippen molar-refractivity contribution in [2.24, 2.45) is 0 Å². The number of nitrogens with two attached hydrogens (primary N) is 1. The summed E-state index contributed by atoms with van der Waals surface area (Å²) in [5, 5.41) is 7.44. The van der Waals surface area contributed by atoms with E-state index in [2.05, 4.69) is 4.98 Å². The van der Waals surface area contributed by atoms with Gasteiger partial charge in [0.15, 0.2) is 0 Å². The molecule has 0 atom stereocenters. The molecule has 0 aliphatic rings. The minimum absolute atomic E-state index is 0.343. The highest BCUT2D eigenvalue weighted by Gasteiger charge is 2.07. The quantitative estimate of drug-likeness (QED) is 0.734. The zero-order valence-corrected chi connectivity index (χ0v) is 10.0. The summed E-state index contributed by atoms with van der Waals surface area (Å²) in [5.74, 6) is 0.859. The number of methoxy groups -OCH3 is 1. The highest BCUT2D eigenvalue weighted by molar-refractivity contribution is 6.00. The van der Waals surface area contributed by atoms with Crippen molar-refractivity contribution in [1.82, 2.24) is 4.98 Å². The number of nitrogens with one attached hydrogen (secondary N) is 1. The van der Waals surface area contributed by atoms with Gasteiger partial charge < -0.3 is 15.9 Å². The second kappa shape index (κ2) is 6.01.